The summed E-state index contributed by atoms with van der Waals surface area (Å²) < 4.78 is 35.3. The Morgan fingerprint density at radius 2 is 2.04 bits per heavy atom. The number of rotatable bonds is 6. The number of ether oxygens (including phenoxy) is 1. The summed E-state index contributed by atoms with van der Waals surface area (Å²) in [6.07, 6.45) is 0. The highest BCUT2D eigenvalue weighted by atomic mass is 35.5. The Balaban J connectivity index is 1.88. The minimum Gasteiger partial charge on any atom is -0.497 e. The molecule has 26 heavy (non-hydrogen) atoms. The molecule has 1 N–H and O–H groups in total. The van der Waals surface area contributed by atoms with Gasteiger partial charge < -0.3 is 4.74 Å². The molecule has 1 aromatic carbocycles. The standard InChI is InChI=1S/C17H18ClN3O3S2/c1-11-17(20-26(22,23)16-8-7-15(18)25-16)12(2)21(19-11)10-13-5-4-6-14(9-13)24-3/h4-9,20H,10H2,1-3H3. The van der Waals surface area contributed by atoms with Crippen LogP contribution < -0.4 is 9.46 Å². The maximum absolute atomic E-state index is 12.6. The largest absolute Gasteiger partial charge is 0.497 e. The fourth-order valence-electron chi connectivity index (χ4n) is 2.57. The number of halogens is 1. The molecule has 6 nitrogen and oxygen atoms in total. The van der Waals surface area contributed by atoms with E-state index in [1.165, 1.54) is 6.07 Å². The summed E-state index contributed by atoms with van der Waals surface area (Å²) >= 11 is 6.86. The minimum atomic E-state index is -3.70. The van der Waals surface area contributed by atoms with E-state index in [4.69, 9.17) is 16.3 Å². The Morgan fingerprint density at radius 3 is 2.69 bits per heavy atom. The van der Waals surface area contributed by atoms with E-state index in [9.17, 15) is 8.42 Å². The molecule has 0 amide bonds. The van der Waals surface area contributed by atoms with Crippen molar-refractivity contribution in [3.63, 3.8) is 0 Å². The van der Waals surface area contributed by atoms with E-state index >= 15 is 0 Å². The Labute approximate surface area is 161 Å². The molecule has 2 aromatic heterocycles. The van der Waals surface area contributed by atoms with Gasteiger partial charge in [0.05, 0.1) is 35.1 Å². The second-order valence-corrected chi connectivity index (χ2v) is 9.34. The van der Waals surface area contributed by atoms with Gasteiger partial charge in [0.25, 0.3) is 10.0 Å². The number of methoxy groups -OCH3 is 1. The molecule has 0 fully saturated rings. The Bertz CT molecular complexity index is 1040. The first kappa shape index (κ1) is 18.8. The molecule has 0 bridgehead atoms. The van der Waals surface area contributed by atoms with Crippen molar-refractivity contribution in [1.82, 2.24) is 9.78 Å². The molecule has 0 aliphatic rings. The van der Waals surface area contributed by atoms with Gasteiger partial charge in [-0.15, -0.1) is 11.3 Å². The molecule has 138 valence electrons. The van der Waals surface area contributed by atoms with E-state index in [0.29, 0.717) is 22.3 Å². The van der Waals surface area contributed by atoms with Crippen molar-refractivity contribution in [3.8, 4) is 5.75 Å². The average molecular weight is 412 g/mol. The zero-order valence-electron chi connectivity index (χ0n) is 14.5. The minimum absolute atomic E-state index is 0.168. The Morgan fingerprint density at radius 1 is 1.27 bits per heavy atom. The number of anilines is 1. The average Bonchev–Trinajstić information content (AvgIpc) is 3.15. The number of hydrogen-bond donors (Lipinski definition) is 1. The molecule has 0 aliphatic heterocycles. The first-order chi connectivity index (χ1) is 12.3. The lowest BCUT2D eigenvalue weighted by molar-refractivity contribution is 0.414. The van der Waals surface area contributed by atoms with Crippen LogP contribution in [0.15, 0.2) is 40.6 Å². The van der Waals surface area contributed by atoms with Crippen molar-refractivity contribution < 1.29 is 13.2 Å². The lowest BCUT2D eigenvalue weighted by Crippen LogP contribution is -2.13. The summed E-state index contributed by atoms with van der Waals surface area (Å²) in [4.78, 5) is 0. The van der Waals surface area contributed by atoms with Crippen LogP contribution in [-0.4, -0.2) is 25.3 Å². The molecule has 0 radical (unpaired) electrons. The number of nitrogens with one attached hydrogen (secondary N) is 1. The van der Waals surface area contributed by atoms with Crippen molar-refractivity contribution in [3.05, 3.63) is 57.7 Å². The van der Waals surface area contributed by atoms with Gasteiger partial charge in [-0.25, -0.2) is 8.42 Å². The lowest BCUT2D eigenvalue weighted by atomic mass is 10.2. The van der Waals surface area contributed by atoms with Crippen LogP contribution in [0.25, 0.3) is 0 Å². The molecular weight excluding hydrogens is 394 g/mol. The summed E-state index contributed by atoms with van der Waals surface area (Å²) in [6.45, 7) is 4.12. The first-order valence-electron chi connectivity index (χ1n) is 7.75. The van der Waals surface area contributed by atoms with Gasteiger partial charge in [-0.2, -0.15) is 5.10 Å². The molecule has 0 saturated heterocycles. The van der Waals surface area contributed by atoms with Crippen molar-refractivity contribution in [2.75, 3.05) is 11.8 Å². The van der Waals surface area contributed by atoms with Crippen molar-refractivity contribution in [2.24, 2.45) is 0 Å². The molecule has 0 unspecified atom stereocenters. The van der Waals surface area contributed by atoms with E-state index in [1.807, 2.05) is 31.2 Å². The molecular formula is C17H18ClN3O3S2. The number of nitrogens with zero attached hydrogens (tertiary/aromatic N) is 2. The SMILES string of the molecule is COc1cccc(Cn2nc(C)c(NS(=O)(=O)c3ccc(Cl)s3)c2C)c1. The van der Waals surface area contributed by atoms with E-state index in [-0.39, 0.29) is 4.21 Å². The topological polar surface area (TPSA) is 73.2 Å². The molecule has 0 saturated carbocycles. The molecule has 9 heteroatoms. The summed E-state index contributed by atoms with van der Waals surface area (Å²) in [7, 11) is -2.08. The molecule has 3 rings (SSSR count). The summed E-state index contributed by atoms with van der Waals surface area (Å²) in [5.41, 5.74) is 2.83. The zero-order chi connectivity index (χ0) is 18.9. The third-order valence-corrected chi connectivity index (χ3v) is 6.97. The van der Waals surface area contributed by atoms with Gasteiger partial charge in [-0.05, 0) is 43.7 Å². The fraction of sp³-hybridized carbons (Fsp3) is 0.235. The van der Waals surface area contributed by atoms with Gasteiger partial charge in [0.1, 0.15) is 9.96 Å². The highest BCUT2D eigenvalue weighted by Gasteiger charge is 2.21. The third kappa shape index (κ3) is 3.87. The Hall–Kier alpha value is -2.03. The molecule has 2 heterocycles. The van der Waals surface area contributed by atoms with Crippen molar-refractivity contribution in [2.45, 2.75) is 24.6 Å². The van der Waals surface area contributed by atoms with Gasteiger partial charge >= 0.3 is 0 Å². The van der Waals surface area contributed by atoms with E-state index in [2.05, 4.69) is 9.82 Å². The smallest absolute Gasteiger partial charge is 0.271 e. The number of thiophene rings is 1. The van der Waals surface area contributed by atoms with Crippen LogP contribution in [0, 0.1) is 13.8 Å². The predicted molar refractivity (Wildman–Crippen MR) is 104 cm³/mol. The number of hydrogen-bond acceptors (Lipinski definition) is 5. The van der Waals surface area contributed by atoms with Gasteiger partial charge in [-0.3, -0.25) is 9.40 Å². The molecule has 0 spiro atoms. The van der Waals surface area contributed by atoms with Gasteiger partial charge in [-0.1, -0.05) is 23.7 Å². The van der Waals surface area contributed by atoms with Crippen LogP contribution in [-0.2, 0) is 16.6 Å². The van der Waals surface area contributed by atoms with Crippen LogP contribution in [0.4, 0.5) is 5.69 Å². The zero-order valence-corrected chi connectivity index (χ0v) is 16.9. The van der Waals surface area contributed by atoms with Crippen molar-refractivity contribution in [1.29, 1.82) is 0 Å². The number of benzene rings is 1. The second kappa shape index (κ2) is 7.30. The number of aromatic nitrogens is 2. The van der Waals surface area contributed by atoms with Gasteiger partial charge in [0.15, 0.2) is 0 Å². The second-order valence-electron chi connectivity index (χ2n) is 5.72. The van der Waals surface area contributed by atoms with Crippen LogP contribution in [0.2, 0.25) is 4.34 Å². The quantitative estimate of drug-likeness (QED) is 0.663. The monoisotopic (exact) mass is 411 g/mol. The van der Waals surface area contributed by atoms with Crippen LogP contribution >= 0.6 is 22.9 Å². The van der Waals surface area contributed by atoms with Crippen LogP contribution in [0.1, 0.15) is 17.0 Å². The predicted octanol–water partition coefficient (Wildman–Crippen LogP) is 4.07. The highest BCUT2D eigenvalue weighted by Crippen LogP contribution is 2.29. The summed E-state index contributed by atoms with van der Waals surface area (Å²) in [5.74, 6) is 0.763. The fourth-order valence-corrected chi connectivity index (χ4v) is 5.23. The number of aryl methyl sites for hydroxylation is 1. The molecule has 0 aliphatic carbocycles. The van der Waals surface area contributed by atoms with Crippen LogP contribution in [0.3, 0.4) is 0 Å². The Kier molecular flexibility index (Phi) is 5.27. The first-order valence-corrected chi connectivity index (χ1v) is 10.4. The highest BCUT2D eigenvalue weighted by molar-refractivity contribution is 7.94. The molecule has 3 aromatic rings. The number of sulfonamides is 1. The maximum Gasteiger partial charge on any atom is 0.271 e. The third-order valence-electron chi connectivity index (χ3n) is 3.90. The molecule has 0 atom stereocenters. The normalized spacial score (nSPS) is 11.5. The summed E-state index contributed by atoms with van der Waals surface area (Å²) in [6, 6.07) is 10.7. The summed E-state index contributed by atoms with van der Waals surface area (Å²) in [5, 5.41) is 4.47. The van der Waals surface area contributed by atoms with Gasteiger partial charge in [0, 0.05) is 0 Å². The van der Waals surface area contributed by atoms with Crippen molar-refractivity contribution >= 4 is 38.6 Å². The van der Waals surface area contributed by atoms with E-state index < -0.39 is 10.0 Å². The van der Waals surface area contributed by atoms with E-state index in [0.717, 1.165) is 28.3 Å². The lowest BCUT2D eigenvalue weighted by Gasteiger charge is -2.09. The van der Waals surface area contributed by atoms with Crippen LogP contribution in [0.5, 0.6) is 5.75 Å². The van der Waals surface area contributed by atoms with E-state index in [1.54, 1.807) is 24.8 Å². The maximum atomic E-state index is 12.6. The van der Waals surface area contributed by atoms with Gasteiger partial charge in [0.2, 0.25) is 0 Å².